The van der Waals surface area contributed by atoms with E-state index in [1.807, 2.05) is 0 Å². The van der Waals surface area contributed by atoms with E-state index in [-0.39, 0.29) is 34.1 Å². The van der Waals surface area contributed by atoms with Gasteiger partial charge in [-0.25, -0.2) is 28.2 Å². The molecule has 0 amide bonds. The highest BCUT2D eigenvalue weighted by Gasteiger charge is 2.50. The number of aliphatic hydroxyl groups excluding tert-OH is 4. The van der Waals surface area contributed by atoms with Crippen LogP contribution in [0.4, 0.5) is 5.95 Å². The van der Waals surface area contributed by atoms with Crippen molar-refractivity contribution in [2.24, 2.45) is 7.05 Å². The van der Waals surface area contributed by atoms with Crippen molar-refractivity contribution in [3.8, 4) is 0 Å². The summed E-state index contributed by atoms with van der Waals surface area (Å²) < 4.78 is 69.3. The molecule has 2 fully saturated rings. The van der Waals surface area contributed by atoms with E-state index in [0.29, 0.717) is 0 Å². The summed E-state index contributed by atoms with van der Waals surface area (Å²) in [5.74, 6) is -0.0863. The lowest BCUT2D eigenvalue weighted by Crippen LogP contribution is -2.46. The van der Waals surface area contributed by atoms with Gasteiger partial charge in [0.1, 0.15) is 42.4 Å². The van der Waals surface area contributed by atoms with Gasteiger partial charge in [0.25, 0.3) is 17.1 Å². The fourth-order valence-electron chi connectivity index (χ4n) is 5.53. The van der Waals surface area contributed by atoms with Gasteiger partial charge in [0.15, 0.2) is 23.7 Å². The molecule has 0 radical (unpaired) electrons. The molecular formula is C22H31N9O18P3+. The first-order valence-electron chi connectivity index (χ1n) is 14.6. The molecule has 4 aromatic heterocycles. The van der Waals surface area contributed by atoms with Crippen LogP contribution in [0.2, 0.25) is 0 Å². The number of anilines is 1. The summed E-state index contributed by atoms with van der Waals surface area (Å²) in [6.07, 6.45) is -10.8. The number of nitrogens with two attached hydrogens (primary N) is 1. The van der Waals surface area contributed by atoms with Gasteiger partial charge in [-0.1, -0.05) is 4.98 Å². The molecule has 27 nitrogen and oxygen atoms in total. The first-order valence-corrected chi connectivity index (χ1v) is 19.1. The molecule has 0 aliphatic carbocycles. The van der Waals surface area contributed by atoms with Crippen LogP contribution < -0.4 is 21.4 Å². The molecule has 52 heavy (non-hydrogen) atoms. The molecule has 0 saturated carbocycles. The summed E-state index contributed by atoms with van der Waals surface area (Å²) in [7, 11) is -15.9. The molecule has 0 bridgehead atoms. The van der Waals surface area contributed by atoms with Gasteiger partial charge in [-0.05, 0) is 6.92 Å². The first kappa shape index (κ1) is 38.4. The van der Waals surface area contributed by atoms with Gasteiger partial charge in [0.2, 0.25) is 11.7 Å². The number of aliphatic hydroxyl groups is 4. The number of aromatic nitrogens is 8. The molecule has 30 heteroatoms. The summed E-state index contributed by atoms with van der Waals surface area (Å²) in [6, 6.07) is 0. The second-order valence-corrected chi connectivity index (χ2v) is 16.1. The Bertz CT molecular complexity index is 2280. The first-order chi connectivity index (χ1) is 24.2. The smallest absolute Gasteiger partial charge is 0.387 e. The number of ether oxygens (including phenoxy) is 2. The number of hydrogen-bond acceptors (Lipinski definition) is 19. The van der Waals surface area contributed by atoms with Crippen LogP contribution in [0.1, 0.15) is 18.3 Å². The van der Waals surface area contributed by atoms with Gasteiger partial charge >= 0.3 is 29.1 Å². The highest BCUT2D eigenvalue weighted by Crippen LogP contribution is 2.67. The number of phosphoric acid groups is 3. The van der Waals surface area contributed by atoms with Crippen molar-refractivity contribution in [2.45, 2.75) is 56.0 Å². The molecule has 2 aliphatic heterocycles. The summed E-state index contributed by atoms with van der Waals surface area (Å²) in [5.41, 5.74) is 4.18. The third kappa shape index (κ3) is 7.53. The number of fused-ring (bicyclic) bond motifs is 2. The van der Waals surface area contributed by atoms with Gasteiger partial charge in [0.05, 0.1) is 26.6 Å². The Morgan fingerprint density at radius 2 is 1.48 bits per heavy atom. The molecule has 2 saturated heterocycles. The molecular weight excluding hydrogens is 771 g/mol. The molecule has 0 spiro atoms. The SMILES string of the molecule is Cc1nc2c(ncn2[C@@H]2O[C@H](COP(=O)(O)OP(=O)(O)OP(=O)(O)OC[C@H]3O[C@@H]([n+]4cn(C)c5c(=O)[nH]c(N)nc54)[C@@H](O)C3O)C(O)[C@@H]2O)c(=O)[nH]1. The van der Waals surface area contributed by atoms with Crippen LogP contribution in [0.5, 0.6) is 0 Å². The maximum Gasteiger partial charge on any atom is 0.490 e. The summed E-state index contributed by atoms with van der Waals surface area (Å²) in [5, 5.41) is 42.1. The second-order valence-electron chi connectivity index (χ2n) is 11.5. The van der Waals surface area contributed by atoms with Crippen LogP contribution in [0.15, 0.2) is 22.2 Å². The van der Waals surface area contributed by atoms with Crippen LogP contribution in [0, 0.1) is 6.92 Å². The fraction of sp³-hybridized carbons (Fsp3) is 0.545. The van der Waals surface area contributed by atoms with E-state index in [1.54, 1.807) is 0 Å². The lowest BCUT2D eigenvalue weighted by atomic mass is 10.1. The lowest BCUT2D eigenvalue weighted by molar-refractivity contribution is -0.745. The van der Waals surface area contributed by atoms with Crippen molar-refractivity contribution < 1.29 is 80.5 Å². The molecule has 286 valence electrons. The van der Waals surface area contributed by atoms with Gasteiger partial charge in [-0.3, -0.25) is 32.8 Å². The number of nitrogens with one attached hydrogen (secondary N) is 2. The number of hydrogen-bond donors (Lipinski definition) is 10. The third-order valence-corrected chi connectivity index (χ3v) is 12.0. The highest BCUT2D eigenvalue weighted by molar-refractivity contribution is 7.66. The normalized spacial score (nSPS) is 30.1. The van der Waals surface area contributed by atoms with Crippen molar-refractivity contribution in [3.63, 3.8) is 0 Å². The molecule has 0 aromatic carbocycles. The number of nitrogens with zero attached hydrogens (tertiary/aromatic N) is 6. The Morgan fingerprint density at radius 1 is 0.885 bits per heavy atom. The van der Waals surface area contributed by atoms with E-state index < -0.39 is 96.9 Å². The fourth-order valence-corrected chi connectivity index (χ4v) is 9.05. The van der Waals surface area contributed by atoms with Crippen molar-refractivity contribution >= 4 is 51.7 Å². The molecule has 11 N–H and O–H groups in total. The zero-order chi connectivity index (χ0) is 38.1. The minimum absolute atomic E-state index is 0.0136. The predicted molar refractivity (Wildman–Crippen MR) is 164 cm³/mol. The molecule has 2 aliphatic rings. The van der Waals surface area contributed by atoms with E-state index in [9.17, 15) is 58.4 Å². The minimum Gasteiger partial charge on any atom is -0.387 e. The average Bonchev–Trinajstić information content (AvgIpc) is 3.74. The number of rotatable bonds is 12. The maximum atomic E-state index is 12.5. The zero-order valence-electron chi connectivity index (χ0n) is 26.4. The molecule has 6 heterocycles. The second kappa shape index (κ2) is 13.8. The van der Waals surface area contributed by atoms with Gasteiger partial charge in [-0.15, -0.1) is 0 Å². The molecule has 11 atom stereocenters. The summed E-state index contributed by atoms with van der Waals surface area (Å²) in [6.45, 7) is -0.670. The quantitative estimate of drug-likeness (QED) is 0.0484. The van der Waals surface area contributed by atoms with Crippen LogP contribution in [0.3, 0.4) is 0 Å². The number of phosphoric ester groups is 2. The topological polar surface area (TPSA) is 392 Å². The van der Waals surface area contributed by atoms with Crippen LogP contribution in [0.25, 0.3) is 22.3 Å². The van der Waals surface area contributed by atoms with Crippen LogP contribution >= 0.6 is 23.5 Å². The molecule has 4 aromatic rings. The monoisotopic (exact) mass is 802 g/mol. The Kier molecular flexibility index (Phi) is 10.2. The Balaban J connectivity index is 1.05. The zero-order valence-corrected chi connectivity index (χ0v) is 29.1. The summed E-state index contributed by atoms with van der Waals surface area (Å²) >= 11 is 0. The van der Waals surface area contributed by atoms with Crippen molar-refractivity contribution in [1.82, 2.24) is 34.1 Å². The van der Waals surface area contributed by atoms with Crippen LogP contribution in [-0.2, 0) is 47.9 Å². The van der Waals surface area contributed by atoms with E-state index in [0.717, 1.165) is 15.5 Å². The van der Waals surface area contributed by atoms with E-state index in [1.165, 1.54) is 24.9 Å². The minimum atomic E-state index is -5.99. The van der Waals surface area contributed by atoms with E-state index >= 15 is 0 Å². The van der Waals surface area contributed by atoms with Gasteiger partial charge < -0.3 is 55.3 Å². The van der Waals surface area contributed by atoms with Crippen molar-refractivity contribution in [2.75, 3.05) is 18.9 Å². The van der Waals surface area contributed by atoms with Gasteiger partial charge in [0, 0.05) is 0 Å². The Morgan fingerprint density at radius 3 is 2.12 bits per heavy atom. The Labute approximate surface area is 287 Å². The number of H-pyrrole nitrogens is 2. The standard InChI is InChI=1S/C22H30N9O18P3/c1-7-25-16-10(18(36)26-7)24-5-30(16)20-14(34)12(32)8(46-20)3-44-50(38,39)48-52(42,43)49-51(40,41)45-4-9-13(33)15(35)21(47-9)31-6-29(2)11-17(31)27-22(23)28-19(11)37/h5-6,8-9,12-15,20-21,32-35H,3-4H2,1-2H3,(H6-,23,25,26,27,28,36,37,38,39,40,41,42,43)/p+1/t8-,9-,12?,13?,14+,15+,20-,21-/m1/s1. The van der Waals surface area contributed by atoms with Crippen LogP contribution in [-0.4, -0.2) is 119 Å². The lowest BCUT2D eigenvalue weighted by Gasteiger charge is -2.21. The third-order valence-electron chi connectivity index (χ3n) is 7.78. The largest absolute Gasteiger partial charge is 0.490 e. The highest BCUT2D eigenvalue weighted by atomic mass is 31.3. The molecule has 6 rings (SSSR count). The summed E-state index contributed by atoms with van der Waals surface area (Å²) in [4.78, 5) is 71.2. The number of aromatic amines is 2. The molecule has 5 unspecified atom stereocenters. The number of nitrogen functional groups attached to an aromatic ring is 1. The van der Waals surface area contributed by atoms with Gasteiger partial charge in [-0.2, -0.15) is 8.62 Å². The maximum absolute atomic E-state index is 12.5. The average molecular weight is 802 g/mol. The van der Waals surface area contributed by atoms with Crippen molar-refractivity contribution in [1.29, 1.82) is 0 Å². The van der Waals surface area contributed by atoms with Crippen molar-refractivity contribution in [3.05, 3.63) is 39.2 Å². The predicted octanol–water partition coefficient (Wildman–Crippen LogP) is -3.82. The van der Waals surface area contributed by atoms with E-state index in [2.05, 4.69) is 42.6 Å². The van der Waals surface area contributed by atoms with E-state index in [4.69, 9.17) is 15.2 Å². The Hall–Kier alpha value is -3.33. The number of imidazole rings is 2. The number of aryl methyl sites for hydroxylation is 2.